The van der Waals surface area contributed by atoms with E-state index in [0.717, 1.165) is 33.0 Å². The standard InChI is InChI=1S/C64H54N4O.Pt/c1-43(63(2,3)4)55-40-61(65-41-56(55)46-32-34-47(35-33-46)64(5,6)7)68-57-29-15-14-26-53(57)54-37-36-50(39-60(54)68)69-49-25-18-24-48(38-49)66-42-67(59-31-17-16-30-58(59)66)62-51(44-20-10-8-11-21-44)27-19-28-52(62)45-22-12-9-13-23-45;/h8-37,40-41,43H,1-7H3;/q-2;/i8D,9D,10D,11D,12D,13D,20D,21D,22D,23D,43D;. The zero-order valence-corrected chi connectivity index (χ0v) is 42.0. The topological polar surface area (TPSA) is 35.9 Å². The third-order valence-electron chi connectivity index (χ3n) is 12.8. The van der Waals surface area contributed by atoms with E-state index in [4.69, 9.17) is 23.4 Å². The molecule has 3 heterocycles. The predicted molar refractivity (Wildman–Crippen MR) is 283 cm³/mol. The van der Waals surface area contributed by atoms with Crippen molar-refractivity contribution in [2.75, 3.05) is 0 Å². The number of fused-ring (bicyclic) bond motifs is 4. The van der Waals surface area contributed by atoms with Gasteiger partial charge in [-0.3, -0.25) is 4.57 Å². The quantitative estimate of drug-likeness (QED) is 0.107. The smallest absolute Gasteiger partial charge is 0.268 e. The fourth-order valence-electron chi connectivity index (χ4n) is 8.94. The van der Waals surface area contributed by atoms with Crippen molar-refractivity contribution in [1.82, 2.24) is 14.1 Å². The van der Waals surface area contributed by atoms with Crippen molar-refractivity contribution < 1.29 is 45.4 Å². The van der Waals surface area contributed by atoms with Crippen molar-refractivity contribution in [3.8, 4) is 62.1 Å². The summed E-state index contributed by atoms with van der Waals surface area (Å²) in [5.41, 5.74) is 6.76. The van der Waals surface area contributed by atoms with Crippen molar-refractivity contribution in [3.05, 3.63) is 224 Å². The van der Waals surface area contributed by atoms with Crippen LogP contribution in [0.25, 0.3) is 83.4 Å². The van der Waals surface area contributed by atoms with Crippen LogP contribution in [0.1, 0.15) is 80.6 Å². The van der Waals surface area contributed by atoms with Crippen molar-refractivity contribution in [2.45, 2.75) is 59.8 Å². The van der Waals surface area contributed by atoms with Gasteiger partial charge in [0.05, 0.1) is 30.4 Å². The van der Waals surface area contributed by atoms with E-state index in [2.05, 4.69) is 94.9 Å². The number of aromatic nitrogens is 4. The Kier molecular flexibility index (Phi) is 9.23. The normalized spacial score (nSPS) is 15.0. The Morgan fingerprint density at radius 1 is 0.629 bits per heavy atom. The number of imidazole rings is 1. The number of hydrogen-bond acceptors (Lipinski definition) is 2. The molecule has 0 bridgehead atoms. The summed E-state index contributed by atoms with van der Waals surface area (Å²) in [6, 6.07) is 41.5. The molecule has 0 aliphatic rings. The summed E-state index contributed by atoms with van der Waals surface area (Å²) in [6.45, 7) is 14.8. The van der Waals surface area contributed by atoms with E-state index in [-0.39, 0.29) is 54.4 Å². The molecule has 0 N–H and O–H groups in total. The molecule has 1 unspecified atom stereocenters. The van der Waals surface area contributed by atoms with Crippen molar-refractivity contribution in [2.24, 2.45) is 5.41 Å². The zero-order valence-electron chi connectivity index (χ0n) is 50.7. The minimum absolute atomic E-state index is 0. The molecule has 0 saturated heterocycles. The molecule has 11 rings (SSSR count). The Labute approximate surface area is 441 Å². The number of ether oxygens (including phenoxy) is 1. The molecule has 8 aromatic carbocycles. The van der Waals surface area contributed by atoms with Crippen LogP contribution >= 0.6 is 0 Å². The Hall–Kier alpha value is -7.33. The van der Waals surface area contributed by atoms with E-state index in [1.54, 1.807) is 51.6 Å². The molecule has 0 aliphatic carbocycles. The maximum Gasteiger partial charge on any atom is 0.268 e. The van der Waals surface area contributed by atoms with Crippen molar-refractivity contribution in [1.29, 1.82) is 0 Å². The van der Waals surface area contributed by atoms with Gasteiger partial charge in [0.25, 0.3) is 6.33 Å². The first-order valence-electron chi connectivity index (χ1n) is 28.4. The number of benzene rings is 8. The van der Waals surface area contributed by atoms with E-state index < -0.39 is 71.7 Å². The van der Waals surface area contributed by atoms with Crippen LogP contribution in [0.3, 0.4) is 0 Å². The van der Waals surface area contributed by atoms with Gasteiger partial charge in [-0.25, -0.2) is 4.98 Å². The average Bonchev–Trinajstić information content (AvgIpc) is 4.20. The molecular formula is C64H54N4OPt-2. The van der Waals surface area contributed by atoms with Crippen LogP contribution in [0.15, 0.2) is 194 Å². The SMILES string of the molecule is [2H]c1c([2H])c([2H])c(-c2cccc(-c3c([2H])c([2H])c([2H])c([2H])c3[2H])c2-[n+]2[c-]n(-c3[c-]c(Oc4[c-]c5c(cc4)c4ccccc4n5-c4cc(C([2H])(C)C(C)(C)C)c(-c5ccc(C(C)(C)C)cc5)cn4)ccc3)c3ccccc32)c([2H])c1[2H].[Pt]. The summed E-state index contributed by atoms with van der Waals surface area (Å²) in [4.78, 5) is 5.14. The summed E-state index contributed by atoms with van der Waals surface area (Å²) in [7, 11) is 0. The fraction of sp³-hybridized carbons (Fsp3) is 0.156. The second-order valence-electron chi connectivity index (χ2n) is 19.2. The Morgan fingerprint density at radius 3 is 1.93 bits per heavy atom. The fourth-order valence-corrected chi connectivity index (χ4v) is 8.94. The van der Waals surface area contributed by atoms with Gasteiger partial charge in [0, 0.05) is 51.2 Å². The maximum atomic E-state index is 9.95. The van der Waals surface area contributed by atoms with Gasteiger partial charge in [-0.05, 0) is 78.9 Å². The molecule has 348 valence electrons. The first-order valence-corrected chi connectivity index (χ1v) is 22.9. The number of pyridine rings is 1. The summed E-state index contributed by atoms with van der Waals surface area (Å²) < 4.78 is 109. The molecule has 1 atom stereocenters. The van der Waals surface area contributed by atoms with Crippen LogP contribution in [-0.4, -0.2) is 14.1 Å². The third-order valence-corrected chi connectivity index (χ3v) is 12.8. The predicted octanol–water partition coefficient (Wildman–Crippen LogP) is 16.0. The van der Waals surface area contributed by atoms with Gasteiger partial charge in [0.1, 0.15) is 5.82 Å². The van der Waals surface area contributed by atoms with Gasteiger partial charge in [-0.1, -0.05) is 199 Å². The molecule has 0 amide bonds. The monoisotopic (exact) mass is 1100 g/mol. The number of rotatable bonds is 9. The number of hydrogen-bond donors (Lipinski definition) is 0. The summed E-state index contributed by atoms with van der Waals surface area (Å²) in [6.07, 6.45) is 5.30. The van der Waals surface area contributed by atoms with E-state index >= 15 is 0 Å². The molecule has 70 heavy (non-hydrogen) atoms. The van der Waals surface area contributed by atoms with Gasteiger partial charge in [-0.15, -0.1) is 29.7 Å². The Morgan fingerprint density at radius 2 is 1.26 bits per heavy atom. The average molecular weight is 1100 g/mol. The van der Waals surface area contributed by atoms with Crippen LogP contribution in [0, 0.1) is 23.9 Å². The Balaban J connectivity index is 0.00000736. The van der Waals surface area contributed by atoms with E-state index in [1.165, 1.54) is 5.56 Å². The van der Waals surface area contributed by atoms with E-state index in [9.17, 15) is 1.37 Å². The molecular weight excluding hydrogens is 1040 g/mol. The minimum atomic E-state index is -1.04. The third kappa shape index (κ3) is 8.58. The summed E-state index contributed by atoms with van der Waals surface area (Å²) in [5, 5.41) is 1.91. The Bertz CT molecular complexity index is 4200. The van der Waals surface area contributed by atoms with Crippen LogP contribution in [0.5, 0.6) is 11.5 Å². The molecule has 3 aromatic heterocycles. The van der Waals surface area contributed by atoms with Crippen LogP contribution < -0.4 is 9.30 Å². The van der Waals surface area contributed by atoms with Crippen LogP contribution in [0.2, 0.25) is 0 Å². The molecule has 5 nitrogen and oxygen atoms in total. The zero-order chi connectivity index (χ0) is 57.1. The largest absolute Gasteiger partial charge is 0.510 e. The van der Waals surface area contributed by atoms with Crippen molar-refractivity contribution >= 4 is 32.8 Å². The van der Waals surface area contributed by atoms with Gasteiger partial charge >= 0.3 is 0 Å². The molecule has 11 aromatic rings. The van der Waals surface area contributed by atoms with Gasteiger partial charge in [0.15, 0.2) is 0 Å². The van der Waals surface area contributed by atoms with E-state index in [0.29, 0.717) is 39.6 Å². The van der Waals surface area contributed by atoms with Gasteiger partial charge in [-0.2, -0.15) is 18.2 Å². The molecule has 0 radical (unpaired) electrons. The number of nitrogens with zero attached hydrogens (tertiary/aromatic N) is 4. The summed E-state index contributed by atoms with van der Waals surface area (Å²) >= 11 is 0. The second-order valence-corrected chi connectivity index (χ2v) is 19.2. The second kappa shape index (κ2) is 18.5. The summed E-state index contributed by atoms with van der Waals surface area (Å²) in [5.74, 6) is 0.299. The van der Waals surface area contributed by atoms with Gasteiger partial charge in [0.2, 0.25) is 0 Å². The molecule has 0 saturated carbocycles. The minimum Gasteiger partial charge on any atom is -0.510 e. The molecule has 0 fully saturated rings. The molecule has 0 spiro atoms. The van der Waals surface area contributed by atoms with Crippen LogP contribution in [-0.2, 0) is 26.5 Å². The first-order chi connectivity index (χ1) is 37.9. The van der Waals surface area contributed by atoms with Crippen LogP contribution in [0.4, 0.5) is 0 Å². The van der Waals surface area contributed by atoms with E-state index in [1.807, 2.05) is 67.7 Å². The maximum absolute atomic E-state index is 9.95. The molecule has 6 heteroatoms. The number of para-hydroxylation sites is 4. The van der Waals surface area contributed by atoms with Crippen molar-refractivity contribution in [3.63, 3.8) is 0 Å². The van der Waals surface area contributed by atoms with Gasteiger partial charge < -0.3 is 13.9 Å². The molecule has 0 aliphatic heterocycles. The first kappa shape index (κ1) is 34.9.